The highest BCUT2D eigenvalue weighted by atomic mass is 32.1. The van der Waals surface area contributed by atoms with Gasteiger partial charge < -0.3 is 5.32 Å². The Kier molecular flexibility index (Phi) is 4.98. The molecule has 0 bridgehead atoms. The van der Waals surface area contributed by atoms with Crippen LogP contribution in [0.5, 0.6) is 0 Å². The van der Waals surface area contributed by atoms with Crippen molar-refractivity contribution < 1.29 is 0 Å². The van der Waals surface area contributed by atoms with Crippen LogP contribution in [0.3, 0.4) is 0 Å². The Bertz CT molecular complexity index is 388. The lowest BCUT2D eigenvalue weighted by atomic mass is 9.93. The molecule has 1 atom stereocenters. The molecule has 1 fully saturated rings. The third-order valence-corrected chi connectivity index (χ3v) is 4.60. The summed E-state index contributed by atoms with van der Waals surface area (Å²) in [5.41, 5.74) is 1.39. The molecule has 1 N–H and O–H groups in total. The van der Waals surface area contributed by atoms with E-state index in [0.717, 1.165) is 19.6 Å². The molecular weight excluding hydrogens is 254 g/mol. The van der Waals surface area contributed by atoms with Crippen LogP contribution in [0.4, 0.5) is 0 Å². The number of aromatic nitrogens is 1. The van der Waals surface area contributed by atoms with E-state index in [2.05, 4.69) is 43.3 Å². The van der Waals surface area contributed by atoms with E-state index in [4.69, 9.17) is 4.98 Å². The first kappa shape index (κ1) is 14.9. The summed E-state index contributed by atoms with van der Waals surface area (Å²) < 4.78 is 0. The Morgan fingerprint density at radius 1 is 1.47 bits per heavy atom. The van der Waals surface area contributed by atoms with E-state index in [1.807, 2.05) is 0 Å². The molecule has 4 heteroatoms. The highest BCUT2D eigenvalue weighted by molar-refractivity contribution is 7.09. The molecule has 0 aromatic carbocycles. The van der Waals surface area contributed by atoms with Crippen molar-refractivity contribution in [2.45, 2.75) is 58.5 Å². The van der Waals surface area contributed by atoms with Crippen molar-refractivity contribution in [2.75, 3.05) is 19.6 Å². The second-order valence-electron chi connectivity index (χ2n) is 6.50. The van der Waals surface area contributed by atoms with Crippen LogP contribution in [0, 0.1) is 0 Å². The monoisotopic (exact) mass is 281 g/mol. The number of likely N-dealkylation sites (N-methyl/N-ethyl adjacent to an activating group) is 1. The van der Waals surface area contributed by atoms with Crippen LogP contribution in [-0.4, -0.2) is 35.6 Å². The van der Waals surface area contributed by atoms with Crippen molar-refractivity contribution in [3.63, 3.8) is 0 Å². The molecule has 0 spiro atoms. The number of hydrogen-bond acceptors (Lipinski definition) is 4. The van der Waals surface area contributed by atoms with Crippen LogP contribution in [-0.2, 0) is 12.0 Å². The molecule has 1 unspecified atom stereocenters. The van der Waals surface area contributed by atoms with Gasteiger partial charge in [-0.05, 0) is 25.9 Å². The fourth-order valence-corrected chi connectivity index (χ4v) is 3.51. The molecule has 3 nitrogen and oxygen atoms in total. The topological polar surface area (TPSA) is 28.2 Å². The number of thiazole rings is 1. The van der Waals surface area contributed by atoms with E-state index < -0.39 is 0 Å². The highest BCUT2D eigenvalue weighted by Gasteiger charge is 2.20. The standard InChI is InChI=1S/C15H27N3S/c1-5-18(9-12-7-6-8-16-12)10-14-17-13(11-19-14)15(2,3)4/h11-12,16H,5-10H2,1-4H3. The van der Waals surface area contributed by atoms with Gasteiger partial charge in [0, 0.05) is 23.4 Å². The summed E-state index contributed by atoms with van der Waals surface area (Å²) in [7, 11) is 0. The maximum atomic E-state index is 4.80. The second-order valence-corrected chi connectivity index (χ2v) is 7.44. The summed E-state index contributed by atoms with van der Waals surface area (Å²) in [6.45, 7) is 13.4. The predicted octanol–water partition coefficient (Wildman–Crippen LogP) is 3.01. The molecule has 0 amide bonds. The van der Waals surface area contributed by atoms with Crippen LogP contribution in [0.1, 0.15) is 51.2 Å². The van der Waals surface area contributed by atoms with Gasteiger partial charge in [-0.2, -0.15) is 0 Å². The highest BCUT2D eigenvalue weighted by Crippen LogP contribution is 2.24. The van der Waals surface area contributed by atoms with Crippen molar-refractivity contribution in [3.05, 3.63) is 16.1 Å². The lowest BCUT2D eigenvalue weighted by Crippen LogP contribution is -2.37. The van der Waals surface area contributed by atoms with Crippen molar-refractivity contribution >= 4 is 11.3 Å². The van der Waals surface area contributed by atoms with E-state index in [9.17, 15) is 0 Å². The van der Waals surface area contributed by atoms with Crippen LogP contribution in [0.2, 0.25) is 0 Å². The summed E-state index contributed by atoms with van der Waals surface area (Å²) in [6.07, 6.45) is 2.65. The number of hydrogen-bond donors (Lipinski definition) is 1. The molecule has 1 aromatic heterocycles. The summed E-state index contributed by atoms with van der Waals surface area (Å²) in [5, 5.41) is 7.05. The molecule has 19 heavy (non-hydrogen) atoms. The molecule has 108 valence electrons. The molecule has 1 saturated heterocycles. The molecule has 2 heterocycles. The number of nitrogens with zero attached hydrogens (tertiary/aromatic N) is 2. The first-order valence-corrected chi connectivity index (χ1v) is 8.27. The van der Waals surface area contributed by atoms with Gasteiger partial charge in [-0.1, -0.05) is 27.7 Å². The molecule has 2 rings (SSSR count). The maximum Gasteiger partial charge on any atom is 0.107 e. The van der Waals surface area contributed by atoms with Gasteiger partial charge in [0.15, 0.2) is 0 Å². The Labute approximate surface area is 121 Å². The minimum Gasteiger partial charge on any atom is -0.313 e. The van der Waals surface area contributed by atoms with Gasteiger partial charge in [0.25, 0.3) is 0 Å². The van der Waals surface area contributed by atoms with Crippen LogP contribution in [0.25, 0.3) is 0 Å². The lowest BCUT2D eigenvalue weighted by molar-refractivity contribution is 0.253. The van der Waals surface area contributed by atoms with E-state index in [1.165, 1.54) is 30.1 Å². The van der Waals surface area contributed by atoms with Crippen molar-refractivity contribution in [1.82, 2.24) is 15.2 Å². The van der Waals surface area contributed by atoms with Gasteiger partial charge in [-0.3, -0.25) is 4.90 Å². The Hall–Kier alpha value is -0.450. The summed E-state index contributed by atoms with van der Waals surface area (Å²) in [5.74, 6) is 0. The number of nitrogens with one attached hydrogen (secondary N) is 1. The molecule has 0 radical (unpaired) electrons. The Morgan fingerprint density at radius 2 is 2.26 bits per heavy atom. The first-order chi connectivity index (χ1) is 8.99. The Balaban J connectivity index is 1.92. The third-order valence-electron chi connectivity index (χ3n) is 3.77. The molecule has 0 aliphatic carbocycles. The molecule has 1 aliphatic heterocycles. The van der Waals surface area contributed by atoms with Gasteiger partial charge in [0.1, 0.15) is 5.01 Å². The largest absolute Gasteiger partial charge is 0.313 e. The van der Waals surface area contributed by atoms with Crippen molar-refractivity contribution in [3.8, 4) is 0 Å². The zero-order valence-electron chi connectivity index (χ0n) is 12.7. The van der Waals surface area contributed by atoms with Gasteiger partial charge in [0.05, 0.1) is 12.2 Å². The Morgan fingerprint density at radius 3 is 2.79 bits per heavy atom. The van der Waals surface area contributed by atoms with E-state index >= 15 is 0 Å². The van der Waals surface area contributed by atoms with E-state index in [1.54, 1.807) is 11.3 Å². The van der Waals surface area contributed by atoms with Gasteiger partial charge >= 0.3 is 0 Å². The molecule has 1 aliphatic rings. The molecule has 0 saturated carbocycles. The fourth-order valence-electron chi connectivity index (χ4n) is 2.45. The van der Waals surface area contributed by atoms with Gasteiger partial charge in [-0.25, -0.2) is 4.98 Å². The van der Waals surface area contributed by atoms with Crippen LogP contribution >= 0.6 is 11.3 Å². The summed E-state index contributed by atoms with van der Waals surface area (Å²) in [6, 6.07) is 0.682. The minimum atomic E-state index is 0.165. The minimum absolute atomic E-state index is 0.165. The average molecular weight is 281 g/mol. The summed E-state index contributed by atoms with van der Waals surface area (Å²) >= 11 is 1.80. The van der Waals surface area contributed by atoms with Crippen molar-refractivity contribution in [1.29, 1.82) is 0 Å². The third kappa shape index (κ3) is 4.26. The second kappa shape index (κ2) is 6.33. The maximum absolute atomic E-state index is 4.80. The molecule has 1 aromatic rings. The van der Waals surface area contributed by atoms with Gasteiger partial charge in [-0.15, -0.1) is 11.3 Å². The van der Waals surface area contributed by atoms with Gasteiger partial charge in [0.2, 0.25) is 0 Å². The first-order valence-electron chi connectivity index (χ1n) is 7.39. The van der Waals surface area contributed by atoms with Crippen LogP contribution in [0.15, 0.2) is 5.38 Å². The number of rotatable bonds is 5. The molecular formula is C15H27N3S. The van der Waals surface area contributed by atoms with Crippen molar-refractivity contribution in [2.24, 2.45) is 0 Å². The smallest absolute Gasteiger partial charge is 0.107 e. The average Bonchev–Trinajstić information content (AvgIpc) is 2.98. The SMILES string of the molecule is CCN(Cc1nc(C(C)(C)C)cs1)CC1CCCN1. The normalized spacial score (nSPS) is 20.4. The quantitative estimate of drug-likeness (QED) is 0.899. The van der Waals surface area contributed by atoms with E-state index in [0.29, 0.717) is 6.04 Å². The van der Waals surface area contributed by atoms with E-state index in [-0.39, 0.29) is 5.41 Å². The zero-order valence-corrected chi connectivity index (χ0v) is 13.5. The predicted molar refractivity (Wildman–Crippen MR) is 82.8 cm³/mol. The fraction of sp³-hybridized carbons (Fsp3) is 0.800. The summed E-state index contributed by atoms with van der Waals surface area (Å²) in [4.78, 5) is 7.31. The van der Waals surface area contributed by atoms with Crippen LogP contribution < -0.4 is 5.32 Å². The lowest BCUT2D eigenvalue weighted by Gasteiger charge is -2.23. The zero-order chi connectivity index (χ0) is 13.9.